The molecule has 1 aromatic rings. The number of rotatable bonds is 3. The monoisotopic (exact) mass is 260 g/mol. The number of nitro benzene ring substituents is 1. The molecule has 0 N–H and O–H groups in total. The Morgan fingerprint density at radius 1 is 1.53 bits per heavy atom. The number of hydrogen-bond donors (Lipinski definition) is 0. The van der Waals surface area contributed by atoms with Crippen LogP contribution in [0.3, 0.4) is 0 Å². The second-order valence-electron chi connectivity index (χ2n) is 4.92. The predicted octanol–water partition coefficient (Wildman–Crippen LogP) is 1.61. The third kappa shape index (κ3) is 2.66. The molecule has 0 radical (unpaired) electrons. The van der Waals surface area contributed by atoms with Crippen LogP contribution in [-0.4, -0.2) is 43.0 Å². The van der Waals surface area contributed by atoms with Crippen LogP contribution in [0.5, 0.6) is 0 Å². The Labute approximate surface area is 112 Å². The average molecular weight is 260 g/mol. The van der Waals surface area contributed by atoms with Gasteiger partial charge in [-0.05, 0) is 26.6 Å². The Kier molecular flexibility index (Phi) is 3.67. The van der Waals surface area contributed by atoms with Crippen molar-refractivity contribution in [3.63, 3.8) is 0 Å². The van der Waals surface area contributed by atoms with Crippen molar-refractivity contribution < 1.29 is 4.92 Å². The van der Waals surface area contributed by atoms with Gasteiger partial charge in [-0.25, -0.2) is 0 Å². The molecule has 1 aliphatic rings. The lowest BCUT2D eigenvalue weighted by Crippen LogP contribution is -2.31. The Bertz CT molecular complexity index is 536. The van der Waals surface area contributed by atoms with Gasteiger partial charge in [0.05, 0.1) is 16.2 Å². The minimum atomic E-state index is -0.475. The summed E-state index contributed by atoms with van der Waals surface area (Å²) in [7, 11) is 4.07. The maximum absolute atomic E-state index is 10.7. The van der Waals surface area contributed by atoms with Crippen LogP contribution < -0.4 is 4.90 Å². The largest absolute Gasteiger partial charge is 0.369 e. The van der Waals surface area contributed by atoms with Crippen molar-refractivity contribution in [2.75, 3.05) is 32.1 Å². The molecular weight excluding hydrogens is 244 g/mol. The van der Waals surface area contributed by atoms with Crippen molar-refractivity contribution in [3.8, 4) is 6.07 Å². The highest BCUT2D eigenvalue weighted by molar-refractivity contribution is 5.63. The summed E-state index contributed by atoms with van der Waals surface area (Å²) in [6.07, 6.45) is 1.04. The van der Waals surface area contributed by atoms with E-state index in [4.69, 9.17) is 5.26 Å². The van der Waals surface area contributed by atoms with Crippen LogP contribution in [0.4, 0.5) is 11.4 Å². The van der Waals surface area contributed by atoms with Gasteiger partial charge in [0, 0.05) is 31.3 Å². The third-order valence-electron chi connectivity index (χ3n) is 3.55. The highest BCUT2D eigenvalue weighted by atomic mass is 16.6. The fourth-order valence-corrected chi connectivity index (χ4v) is 2.39. The second kappa shape index (κ2) is 5.24. The van der Waals surface area contributed by atoms with Gasteiger partial charge in [-0.1, -0.05) is 0 Å². The summed E-state index contributed by atoms with van der Waals surface area (Å²) in [4.78, 5) is 14.5. The number of nitriles is 1. The van der Waals surface area contributed by atoms with Crippen LogP contribution in [0.25, 0.3) is 0 Å². The van der Waals surface area contributed by atoms with Crippen LogP contribution in [0.2, 0.25) is 0 Å². The van der Waals surface area contributed by atoms with E-state index in [-0.39, 0.29) is 5.69 Å². The fourth-order valence-electron chi connectivity index (χ4n) is 2.39. The van der Waals surface area contributed by atoms with Gasteiger partial charge in [0.1, 0.15) is 6.07 Å². The molecule has 0 saturated carbocycles. The lowest BCUT2D eigenvalue weighted by atomic mass is 10.1. The number of hydrogen-bond acceptors (Lipinski definition) is 5. The zero-order chi connectivity index (χ0) is 14.0. The summed E-state index contributed by atoms with van der Waals surface area (Å²) in [6.45, 7) is 1.72. The quantitative estimate of drug-likeness (QED) is 0.609. The number of nitrogens with zero attached hydrogens (tertiary/aromatic N) is 4. The van der Waals surface area contributed by atoms with Crippen molar-refractivity contribution in [2.45, 2.75) is 12.5 Å². The number of anilines is 1. The van der Waals surface area contributed by atoms with E-state index in [2.05, 4.69) is 15.9 Å². The number of non-ortho nitro benzene ring substituents is 1. The van der Waals surface area contributed by atoms with Crippen molar-refractivity contribution in [1.82, 2.24) is 4.90 Å². The lowest BCUT2D eigenvalue weighted by Gasteiger charge is -2.22. The zero-order valence-corrected chi connectivity index (χ0v) is 11.0. The van der Waals surface area contributed by atoms with Crippen molar-refractivity contribution >= 4 is 11.4 Å². The first-order valence-electron chi connectivity index (χ1n) is 6.13. The van der Waals surface area contributed by atoms with Gasteiger partial charge >= 0.3 is 0 Å². The molecule has 1 unspecified atom stereocenters. The van der Waals surface area contributed by atoms with Crippen LogP contribution in [0.1, 0.15) is 12.0 Å². The summed E-state index contributed by atoms with van der Waals surface area (Å²) in [5, 5.41) is 19.9. The van der Waals surface area contributed by atoms with Crippen molar-refractivity contribution in [3.05, 3.63) is 33.9 Å². The second-order valence-corrected chi connectivity index (χ2v) is 4.92. The molecular formula is C13H16N4O2. The van der Waals surface area contributed by atoms with Crippen LogP contribution in [-0.2, 0) is 0 Å². The molecule has 1 aliphatic heterocycles. The van der Waals surface area contributed by atoms with E-state index in [0.29, 0.717) is 11.6 Å². The summed E-state index contributed by atoms with van der Waals surface area (Å²) in [5.41, 5.74) is 1.12. The Hall–Kier alpha value is -2.13. The number of likely N-dealkylation sites (N-methyl/N-ethyl adjacent to an activating group) is 1. The molecule has 100 valence electrons. The molecule has 1 saturated heterocycles. The molecule has 2 rings (SSSR count). The summed E-state index contributed by atoms with van der Waals surface area (Å²) in [6, 6.07) is 6.99. The molecule has 0 bridgehead atoms. The Morgan fingerprint density at radius 3 is 2.79 bits per heavy atom. The SMILES string of the molecule is CN(C)C1CCN(c2ccc([N+](=O)[O-])cc2C#N)C1. The first-order valence-corrected chi connectivity index (χ1v) is 6.13. The summed E-state index contributed by atoms with van der Waals surface area (Å²) < 4.78 is 0. The molecule has 0 aromatic heterocycles. The highest BCUT2D eigenvalue weighted by Gasteiger charge is 2.26. The predicted molar refractivity (Wildman–Crippen MR) is 72.1 cm³/mol. The smallest absolute Gasteiger partial charge is 0.270 e. The molecule has 0 aliphatic carbocycles. The topological polar surface area (TPSA) is 73.4 Å². The van der Waals surface area contributed by atoms with E-state index >= 15 is 0 Å². The highest BCUT2D eigenvalue weighted by Crippen LogP contribution is 2.28. The molecule has 1 fully saturated rings. The normalized spacial score (nSPS) is 18.6. The van der Waals surface area contributed by atoms with E-state index in [0.717, 1.165) is 25.2 Å². The van der Waals surface area contributed by atoms with Crippen LogP contribution in [0.15, 0.2) is 18.2 Å². The number of benzene rings is 1. The van der Waals surface area contributed by atoms with Gasteiger partial charge < -0.3 is 9.80 Å². The molecule has 0 amide bonds. The van der Waals surface area contributed by atoms with E-state index in [1.165, 1.54) is 12.1 Å². The van der Waals surface area contributed by atoms with E-state index in [1.807, 2.05) is 14.1 Å². The standard InChI is InChI=1S/C13H16N4O2/c1-15(2)12-5-6-16(9-12)13-4-3-11(17(18)19)7-10(13)8-14/h3-4,7,12H,5-6,9H2,1-2H3. The summed E-state index contributed by atoms with van der Waals surface area (Å²) in [5.74, 6) is 0. The molecule has 1 heterocycles. The minimum Gasteiger partial charge on any atom is -0.369 e. The minimum absolute atomic E-state index is 0.0383. The van der Waals surface area contributed by atoms with Gasteiger partial charge in [0.25, 0.3) is 5.69 Å². The first-order chi connectivity index (χ1) is 9.02. The Morgan fingerprint density at radius 2 is 2.26 bits per heavy atom. The van der Waals surface area contributed by atoms with Crippen LogP contribution in [0, 0.1) is 21.4 Å². The van der Waals surface area contributed by atoms with E-state index < -0.39 is 4.92 Å². The van der Waals surface area contributed by atoms with Gasteiger partial charge in [-0.15, -0.1) is 0 Å². The fraction of sp³-hybridized carbons (Fsp3) is 0.462. The van der Waals surface area contributed by atoms with Crippen molar-refractivity contribution in [1.29, 1.82) is 5.26 Å². The average Bonchev–Trinajstić information content (AvgIpc) is 2.87. The van der Waals surface area contributed by atoms with E-state index in [9.17, 15) is 10.1 Å². The molecule has 6 heteroatoms. The van der Waals surface area contributed by atoms with E-state index in [1.54, 1.807) is 6.07 Å². The lowest BCUT2D eigenvalue weighted by molar-refractivity contribution is -0.384. The molecule has 6 nitrogen and oxygen atoms in total. The first kappa shape index (κ1) is 13.3. The number of nitro groups is 1. The van der Waals surface area contributed by atoms with Gasteiger partial charge in [-0.2, -0.15) is 5.26 Å². The van der Waals surface area contributed by atoms with Gasteiger partial charge in [0.2, 0.25) is 0 Å². The maximum Gasteiger partial charge on any atom is 0.270 e. The zero-order valence-electron chi connectivity index (χ0n) is 11.0. The molecule has 1 aromatic carbocycles. The molecule has 19 heavy (non-hydrogen) atoms. The molecule has 1 atom stereocenters. The van der Waals surface area contributed by atoms with Crippen molar-refractivity contribution in [2.24, 2.45) is 0 Å². The third-order valence-corrected chi connectivity index (χ3v) is 3.55. The van der Waals surface area contributed by atoms with Crippen LogP contribution >= 0.6 is 0 Å². The maximum atomic E-state index is 10.7. The molecule has 0 spiro atoms. The van der Waals surface area contributed by atoms with Gasteiger partial charge in [0.15, 0.2) is 0 Å². The summed E-state index contributed by atoms with van der Waals surface area (Å²) >= 11 is 0. The Balaban J connectivity index is 2.27. The van der Waals surface area contributed by atoms with Gasteiger partial charge in [-0.3, -0.25) is 10.1 Å².